The molecule has 2 aromatic heterocycles. The largest absolute Gasteiger partial charge is 0.455 e. The molecule has 0 aliphatic rings. The first-order valence-corrected chi connectivity index (χ1v) is 23.2. The Labute approximate surface area is 456 Å². The van der Waals surface area contributed by atoms with E-state index in [-0.39, 0.29) is 5.56 Å². The Bertz CT molecular complexity index is 5020. The molecule has 0 unspecified atom stereocenters. The molecule has 0 amide bonds. The van der Waals surface area contributed by atoms with Crippen molar-refractivity contribution in [2.75, 3.05) is 0 Å². The van der Waals surface area contributed by atoms with Crippen LogP contribution in [0.15, 0.2) is 293 Å². The molecule has 0 fully saturated rings. The molecule has 11 aromatic carbocycles. The monoisotopic (exact) mass is 956 g/mol. The molecule has 13 aromatic rings. The zero-order valence-electron chi connectivity index (χ0n) is 59.8. The van der Waals surface area contributed by atoms with Gasteiger partial charge in [0.15, 0.2) is 0 Å². The molecule has 2 nitrogen and oxygen atoms in total. The zero-order chi connectivity index (χ0) is 67.2. The highest BCUT2D eigenvalue weighted by molar-refractivity contribution is 6.10. The topological polar surface area (TPSA) is 26.3 Å². The Balaban J connectivity index is 0.000000190. The maximum atomic E-state index is 9.03. The Morgan fingerprint density at radius 1 is 0.247 bits per heavy atom. The number of benzene rings is 11. The molecule has 2 heteroatoms. The molecule has 13 rings (SSSR count). The fourth-order valence-electron chi connectivity index (χ4n) is 9.09. The van der Waals surface area contributed by atoms with Gasteiger partial charge in [0.2, 0.25) is 0 Å². The van der Waals surface area contributed by atoms with Crippen molar-refractivity contribution in [2.24, 2.45) is 0 Å². The van der Waals surface area contributed by atoms with E-state index in [1.165, 1.54) is 23.6 Å². The third kappa shape index (κ3) is 8.66. The molecule has 0 atom stereocenters. The molecule has 73 heavy (non-hydrogen) atoms. The molecular formula is C71H50O2. The van der Waals surface area contributed by atoms with Crippen LogP contribution in [0.25, 0.3) is 122 Å². The van der Waals surface area contributed by atoms with Crippen molar-refractivity contribution in [3.63, 3.8) is 0 Å². The van der Waals surface area contributed by atoms with Gasteiger partial charge < -0.3 is 8.83 Å². The van der Waals surface area contributed by atoms with Gasteiger partial charge in [-0.2, -0.15) is 0 Å². The Morgan fingerprint density at radius 2 is 0.644 bits per heavy atom. The SMILES string of the molecule is [2H]c1c([2H])c([2H])c(-c2c([2H])c([2H])c([2H])c([2H])c2-c2oc(-c3c([2H])c([2H])c([2H])c([2H])c3-c3c([2H])c([2H])c([2H])c([2H])c3C)c3c([2H])c([2H])c([2H])c([2H])c23)c([2H])c1[2H].c1ccc(-c2ccc(-c3ccccc3)c(-c3oc(-c4ccccc4)c4ccccc34)c2-c2ccccc2)cc1. The molecule has 0 aliphatic heterocycles. The summed E-state index contributed by atoms with van der Waals surface area (Å²) in [7, 11) is 0. The molecule has 0 bridgehead atoms. The smallest absolute Gasteiger partial charge is 0.143 e. The minimum Gasteiger partial charge on any atom is -0.455 e. The summed E-state index contributed by atoms with van der Waals surface area (Å²) in [6.45, 7) is 1.28. The van der Waals surface area contributed by atoms with Gasteiger partial charge in [-0.15, -0.1) is 0 Å². The number of rotatable bonds is 9. The third-order valence-corrected chi connectivity index (χ3v) is 12.4. The van der Waals surface area contributed by atoms with Gasteiger partial charge in [-0.05, 0) is 62.6 Å². The van der Waals surface area contributed by atoms with Crippen LogP contribution in [0.4, 0.5) is 0 Å². The van der Waals surface area contributed by atoms with Gasteiger partial charge in [0.1, 0.15) is 23.0 Å². The van der Waals surface area contributed by atoms with E-state index in [9.17, 15) is 0 Å². The average Bonchev–Trinajstić information content (AvgIpc) is 1.45. The minimum atomic E-state index is -0.930. The second-order valence-electron chi connectivity index (χ2n) is 16.7. The van der Waals surface area contributed by atoms with E-state index < -0.39 is 183 Å². The lowest BCUT2D eigenvalue weighted by Gasteiger charge is -2.19. The van der Waals surface area contributed by atoms with Gasteiger partial charge in [0.25, 0.3) is 0 Å². The van der Waals surface area contributed by atoms with Gasteiger partial charge >= 0.3 is 0 Å². The van der Waals surface area contributed by atoms with Crippen LogP contribution in [0.3, 0.4) is 0 Å². The van der Waals surface area contributed by atoms with E-state index in [0.29, 0.717) is 0 Å². The number of fused-ring (bicyclic) bond motifs is 2. The van der Waals surface area contributed by atoms with E-state index in [2.05, 4.69) is 152 Å². The van der Waals surface area contributed by atoms with Crippen molar-refractivity contribution < 1.29 is 37.6 Å². The lowest BCUT2D eigenvalue weighted by atomic mass is 9.84. The van der Waals surface area contributed by atoms with Crippen LogP contribution in [0.1, 0.15) is 34.3 Å². The molecule has 0 spiro atoms. The second-order valence-corrected chi connectivity index (χ2v) is 16.7. The fourth-order valence-corrected chi connectivity index (χ4v) is 9.09. The lowest BCUT2D eigenvalue weighted by Crippen LogP contribution is -1.94. The van der Waals surface area contributed by atoms with E-state index in [1.807, 2.05) is 6.07 Å². The van der Waals surface area contributed by atoms with E-state index in [4.69, 9.17) is 37.6 Å². The number of hydrogen-bond acceptors (Lipinski definition) is 2. The molecule has 0 saturated carbocycles. The van der Waals surface area contributed by atoms with Crippen LogP contribution in [0.2, 0.25) is 0 Å². The first-order chi connectivity index (χ1) is 44.9. The van der Waals surface area contributed by atoms with Crippen LogP contribution < -0.4 is 0 Å². The van der Waals surface area contributed by atoms with Crippen molar-refractivity contribution in [1.29, 1.82) is 0 Å². The molecule has 0 aliphatic carbocycles. The Kier molecular flexibility index (Phi) is 7.48. The summed E-state index contributed by atoms with van der Waals surface area (Å²) < 4.78 is 193. The van der Waals surface area contributed by atoms with Crippen LogP contribution in [-0.4, -0.2) is 0 Å². The quantitative estimate of drug-likeness (QED) is 0.144. The van der Waals surface area contributed by atoms with Gasteiger partial charge in [-0.25, -0.2) is 0 Å². The summed E-state index contributed by atoms with van der Waals surface area (Å²) >= 11 is 0. The summed E-state index contributed by atoms with van der Waals surface area (Å²) in [6, 6.07) is 37.9. The van der Waals surface area contributed by atoms with Gasteiger partial charge in [0, 0.05) is 49.4 Å². The zero-order valence-corrected chi connectivity index (χ0v) is 38.8. The predicted molar refractivity (Wildman–Crippen MR) is 306 cm³/mol. The van der Waals surface area contributed by atoms with Crippen molar-refractivity contribution in [3.05, 3.63) is 290 Å². The highest BCUT2D eigenvalue weighted by atomic mass is 16.3. The fraction of sp³-hybridized carbons (Fsp3) is 0.0141. The molecule has 0 radical (unpaired) electrons. The van der Waals surface area contributed by atoms with Crippen molar-refractivity contribution in [1.82, 2.24) is 0 Å². The first-order valence-electron chi connectivity index (χ1n) is 33.7. The summed E-state index contributed by atoms with van der Waals surface area (Å²) in [4.78, 5) is 0. The second kappa shape index (κ2) is 20.1. The lowest BCUT2D eigenvalue weighted by molar-refractivity contribution is 0.602. The Hall–Kier alpha value is -9.50. The van der Waals surface area contributed by atoms with Crippen LogP contribution in [-0.2, 0) is 0 Å². The average molecular weight is 956 g/mol. The molecule has 0 N–H and O–H groups in total. The van der Waals surface area contributed by atoms with Gasteiger partial charge in [-0.1, -0.05) is 285 Å². The summed E-state index contributed by atoms with van der Waals surface area (Å²) in [5.74, 6) is 0.311. The van der Waals surface area contributed by atoms with E-state index in [0.717, 1.165) is 50.1 Å². The molecule has 0 saturated heterocycles. The van der Waals surface area contributed by atoms with E-state index >= 15 is 0 Å². The molecule has 346 valence electrons. The van der Waals surface area contributed by atoms with Gasteiger partial charge in [0.05, 0.1) is 28.8 Å². The maximum Gasteiger partial charge on any atom is 0.143 e. The van der Waals surface area contributed by atoms with Crippen molar-refractivity contribution in [2.45, 2.75) is 6.92 Å². The highest BCUT2D eigenvalue weighted by Gasteiger charge is 2.26. The third-order valence-electron chi connectivity index (χ3n) is 12.4. The molecular weight excluding hydrogens is 885 g/mol. The van der Waals surface area contributed by atoms with Gasteiger partial charge in [-0.3, -0.25) is 0 Å². The van der Waals surface area contributed by atoms with E-state index in [1.54, 1.807) is 0 Å². The number of furan rings is 2. The standard InChI is InChI=1S/C38H26O.C33H24O/c1-5-15-27(16-6-1)31-25-26-32(28-17-7-2-8-18-28)36(35(31)29-19-9-3-10-20-29)38-34-24-14-13-23-33(34)37(39-38)30-21-11-4-12-22-30;1-23-13-5-6-16-25(23)27-18-8-10-20-29(27)33-31-22-12-11-21-30(31)32(34-33)28-19-9-7-17-26(28)24-14-3-2-4-15-24/h1-26H;2-22H,1H3/i;2D,3D,4D,5D,6D,7D,8D,9D,10D,11D,12D,13D,14D,15D,16D,17D,18D,19D,20D,21D,22D. The normalized spacial score (nSPS) is 15.1. The van der Waals surface area contributed by atoms with Crippen LogP contribution in [0.5, 0.6) is 0 Å². The Morgan fingerprint density at radius 3 is 1.22 bits per heavy atom. The summed E-state index contributed by atoms with van der Waals surface area (Å²) in [5.41, 5.74) is 5.29. The summed E-state index contributed by atoms with van der Waals surface area (Å²) in [5, 5.41) is 1.08. The maximum absolute atomic E-state index is 9.03. The minimum absolute atomic E-state index is 0.157. The first kappa shape index (κ1) is 27.2. The number of hydrogen-bond donors (Lipinski definition) is 0. The van der Waals surface area contributed by atoms with Crippen LogP contribution >= 0.6 is 0 Å². The molecule has 2 heterocycles. The highest BCUT2D eigenvalue weighted by Crippen LogP contribution is 2.50. The van der Waals surface area contributed by atoms with Crippen molar-refractivity contribution in [3.8, 4) is 101 Å². The van der Waals surface area contributed by atoms with Crippen molar-refractivity contribution >= 4 is 21.5 Å². The summed E-state index contributed by atoms with van der Waals surface area (Å²) in [6.07, 6.45) is 0. The van der Waals surface area contributed by atoms with Crippen LogP contribution in [0, 0.1) is 6.92 Å². The predicted octanol–water partition coefficient (Wildman–Crippen LogP) is 20.2.